The molecule has 0 saturated carbocycles. The molecule has 0 atom stereocenters. The van der Waals surface area contributed by atoms with Gasteiger partial charge in [0.25, 0.3) is 0 Å². The summed E-state index contributed by atoms with van der Waals surface area (Å²) in [6.07, 6.45) is 1.02. The maximum Gasteiger partial charge on any atom is 0.488 e. The molecule has 4 nitrogen and oxygen atoms in total. The first kappa shape index (κ1) is 16.0. The van der Waals surface area contributed by atoms with Crippen molar-refractivity contribution in [2.45, 2.75) is 39.3 Å². The van der Waals surface area contributed by atoms with Crippen molar-refractivity contribution in [3.8, 4) is 5.75 Å². The van der Waals surface area contributed by atoms with Crippen LogP contribution >= 0.6 is 0 Å². The van der Waals surface area contributed by atoms with Gasteiger partial charge in [-0.15, -0.1) is 0 Å². The summed E-state index contributed by atoms with van der Waals surface area (Å²) in [7, 11) is 2.18. The third-order valence-electron chi connectivity index (χ3n) is 3.93. The van der Waals surface area contributed by atoms with Gasteiger partial charge in [0.1, 0.15) is 5.75 Å². The minimum absolute atomic E-state index is 0.0563. The Morgan fingerprint density at radius 1 is 1.32 bits per heavy atom. The molecule has 0 aliphatic heterocycles. The largest absolute Gasteiger partial charge is 0.497 e. The first-order valence-electron chi connectivity index (χ1n) is 6.56. The lowest BCUT2D eigenvalue weighted by Gasteiger charge is -2.35. The van der Waals surface area contributed by atoms with E-state index in [1.165, 1.54) is 0 Å². The monoisotopic (exact) mass is 265 g/mol. The first-order chi connectivity index (χ1) is 8.81. The van der Waals surface area contributed by atoms with Crippen LogP contribution in [0.5, 0.6) is 5.75 Å². The third-order valence-corrected chi connectivity index (χ3v) is 3.93. The van der Waals surface area contributed by atoms with E-state index < -0.39 is 7.12 Å². The molecule has 0 fully saturated rings. The average molecular weight is 265 g/mol. The van der Waals surface area contributed by atoms with Gasteiger partial charge in [0, 0.05) is 12.1 Å². The highest BCUT2D eigenvalue weighted by Crippen LogP contribution is 2.20. The Morgan fingerprint density at radius 3 is 2.42 bits per heavy atom. The van der Waals surface area contributed by atoms with E-state index in [0.29, 0.717) is 12.0 Å². The van der Waals surface area contributed by atoms with Crippen LogP contribution in [0.25, 0.3) is 0 Å². The number of ether oxygens (including phenoxy) is 1. The molecule has 0 amide bonds. The van der Waals surface area contributed by atoms with Crippen LogP contribution in [0.4, 0.5) is 0 Å². The fourth-order valence-electron chi connectivity index (χ4n) is 1.84. The maximum absolute atomic E-state index is 9.44. The Bertz CT molecular complexity index is 421. The van der Waals surface area contributed by atoms with Gasteiger partial charge in [0.2, 0.25) is 0 Å². The molecule has 0 aromatic heterocycles. The van der Waals surface area contributed by atoms with Crippen molar-refractivity contribution in [1.29, 1.82) is 0 Å². The molecule has 0 heterocycles. The van der Waals surface area contributed by atoms with Gasteiger partial charge in [-0.3, -0.25) is 4.90 Å². The SMILES string of the molecule is CCC(C)(C)N(C)Cc1cc(OC)ccc1B(O)O. The molecule has 1 aromatic rings. The van der Waals surface area contributed by atoms with Gasteiger partial charge in [-0.05, 0) is 50.5 Å². The molecular weight excluding hydrogens is 241 g/mol. The molecule has 0 aliphatic rings. The number of hydrogen-bond acceptors (Lipinski definition) is 4. The number of hydrogen-bond donors (Lipinski definition) is 2. The van der Waals surface area contributed by atoms with Crippen molar-refractivity contribution < 1.29 is 14.8 Å². The van der Waals surface area contributed by atoms with Crippen LogP contribution < -0.4 is 10.2 Å². The Balaban J connectivity index is 3.04. The van der Waals surface area contributed by atoms with Gasteiger partial charge in [-0.2, -0.15) is 0 Å². The molecular formula is C14H24BNO3. The lowest BCUT2D eigenvalue weighted by molar-refractivity contribution is 0.143. The Morgan fingerprint density at radius 2 is 1.95 bits per heavy atom. The van der Waals surface area contributed by atoms with Gasteiger partial charge < -0.3 is 14.8 Å². The fourth-order valence-corrected chi connectivity index (χ4v) is 1.84. The van der Waals surface area contributed by atoms with E-state index in [2.05, 4.69) is 25.7 Å². The summed E-state index contributed by atoms with van der Waals surface area (Å²) in [5.41, 5.74) is 1.46. The van der Waals surface area contributed by atoms with Gasteiger partial charge in [-0.1, -0.05) is 13.0 Å². The fraction of sp³-hybridized carbons (Fsp3) is 0.571. The molecule has 1 aromatic carbocycles. The molecule has 0 spiro atoms. The second kappa shape index (κ2) is 6.41. The Labute approximate surface area is 116 Å². The smallest absolute Gasteiger partial charge is 0.488 e. The minimum Gasteiger partial charge on any atom is -0.497 e. The summed E-state index contributed by atoms with van der Waals surface area (Å²) >= 11 is 0. The van der Waals surface area contributed by atoms with E-state index in [9.17, 15) is 10.0 Å². The molecule has 0 saturated heterocycles. The zero-order valence-electron chi connectivity index (χ0n) is 12.5. The van der Waals surface area contributed by atoms with Crippen molar-refractivity contribution in [3.63, 3.8) is 0 Å². The van der Waals surface area contributed by atoms with E-state index in [1.807, 2.05) is 13.1 Å². The average Bonchev–Trinajstić information content (AvgIpc) is 2.38. The van der Waals surface area contributed by atoms with Crippen LogP contribution in [-0.2, 0) is 6.54 Å². The summed E-state index contributed by atoms with van der Waals surface area (Å²) in [5.74, 6) is 0.724. The highest BCUT2D eigenvalue weighted by molar-refractivity contribution is 6.59. The molecule has 5 heteroatoms. The Kier molecular flexibility index (Phi) is 5.41. The van der Waals surface area contributed by atoms with E-state index >= 15 is 0 Å². The van der Waals surface area contributed by atoms with E-state index in [4.69, 9.17) is 4.74 Å². The third kappa shape index (κ3) is 3.96. The molecule has 0 aliphatic carbocycles. The van der Waals surface area contributed by atoms with E-state index in [1.54, 1.807) is 19.2 Å². The van der Waals surface area contributed by atoms with Crippen LogP contribution in [0, 0.1) is 0 Å². The number of nitrogens with zero attached hydrogens (tertiary/aromatic N) is 1. The molecule has 106 valence electrons. The van der Waals surface area contributed by atoms with Gasteiger partial charge in [-0.25, -0.2) is 0 Å². The maximum atomic E-state index is 9.44. The first-order valence-corrected chi connectivity index (χ1v) is 6.56. The predicted molar refractivity (Wildman–Crippen MR) is 78.7 cm³/mol. The number of rotatable bonds is 6. The topological polar surface area (TPSA) is 52.9 Å². The van der Waals surface area contributed by atoms with Crippen LogP contribution in [-0.4, -0.2) is 41.8 Å². The van der Waals surface area contributed by atoms with Crippen LogP contribution in [0.2, 0.25) is 0 Å². The second-order valence-corrected chi connectivity index (χ2v) is 5.46. The summed E-state index contributed by atoms with van der Waals surface area (Å²) in [4.78, 5) is 2.20. The quantitative estimate of drug-likeness (QED) is 0.753. The summed E-state index contributed by atoms with van der Waals surface area (Å²) in [6, 6.07) is 5.30. The van der Waals surface area contributed by atoms with Crippen molar-refractivity contribution in [1.82, 2.24) is 4.90 Å². The van der Waals surface area contributed by atoms with Crippen LogP contribution in [0.3, 0.4) is 0 Å². The summed E-state index contributed by atoms with van der Waals surface area (Å²) < 4.78 is 5.20. The van der Waals surface area contributed by atoms with Gasteiger partial charge in [0.05, 0.1) is 7.11 Å². The van der Waals surface area contributed by atoms with Crippen molar-refractivity contribution in [2.75, 3.05) is 14.2 Å². The molecule has 0 unspecified atom stereocenters. The number of benzene rings is 1. The molecule has 1 rings (SSSR count). The normalized spacial score (nSPS) is 11.8. The standard InChI is InChI=1S/C14H24BNO3/c1-6-14(2,3)16(4)10-11-9-12(19-5)7-8-13(11)15(17)18/h7-9,17-18H,6,10H2,1-5H3. The summed E-state index contributed by atoms with van der Waals surface area (Å²) in [5, 5.41) is 18.9. The zero-order valence-corrected chi connectivity index (χ0v) is 12.5. The van der Waals surface area contributed by atoms with Crippen LogP contribution in [0.1, 0.15) is 32.8 Å². The molecule has 19 heavy (non-hydrogen) atoms. The highest BCUT2D eigenvalue weighted by Gasteiger charge is 2.24. The predicted octanol–water partition coefficient (Wildman–Crippen LogP) is 0.995. The van der Waals surface area contributed by atoms with Gasteiger partial charge in [0.15, 0.2) is 0 Å². The van der Waals surface area contributed by atoms with Gasteiger partial charge >= 0.3 is 7.12 Å². The number of methoxy groups -OCH3 is 1. The zero-order chi connectivity index (χ0) is 14.6. The second-order valence-electron chi connectivity index (χ2n) is 5.46. The minimum atomic E-state index is -1.46. The highest BCUT2D eigenvalue weighted by atomic mass is 16.5. The van der Waals surface area contributed by atoms with Crippen molar-refractivity contribution >= 4 is 12.6 Å². The molecule has 0 radical (unpaired) electrons. The molecule has 2 N–H and O–H groups in total. The van der Waals surface area contributed by atoms with E-state index in [-0.39, 0.29) is 5.54 Å². The summed E-state index contributed by atoms with van der Waals surface area (Å²) in [6.45, 7) is 7.12. The molecule has 0 bridgehead atoms. The van der Waals surface area contributed by atoms with Crippen molar-refractivity contribution in [3.05, 3.63) is 23.8 Å². The lowest BCUT2D eigenvalue weighted by Crippen LogP contribution is -2.42. The Hall–Kier alpha value is -1.04. The lowest BCUT2D eigenvalue weighted by atomic mass is 9.76. The van der Waals surface area contributed by atoms with E-state index in [0.717, 1.165) is 17.7 Å². The van der Waals surface area contributed by atoms with Crippen LogP contribution in [0.15, 0.2) is 18.2 Å². The van der Waals surface area contributed by atoms with Crippen molar-refractivity contribution in [2.24, 2.45) is 0 Å².